The first-order chi connectivity index (χ1) is 9.22. The number of hydrogen-bond acceptors (Lipinski definition) is 2. The van der Waals surface area contributed by atoms with Gasteiger partial charge in [-0.2, -0.15) is 0 Å². The molecular weight excluding hydrogens is 302 g/mol. The second-order valence-corrected chi connectivity index (χ2v) is 6.38. The fourth-order valence-corrected chi connectivity index (χ4v) is 3.46. The summed E-state index contributed by atoms with van der Waals surface area (Å²) in [5.74, 6) is 0.808. The first-order valence-electron chi connectivity index (χ1n) is 7.25. The minimum absolute atomic E-state index is 0.533. The standard InChI is InChI=1S/C16H24BrNO/c1-12(13-7-4-3-5-8-13)18-16-10-6-9-15(17)14(16)11-19-2/h6,9-10,12-13,18H,3-5,7-8,11H2,1-2H3. The van der Waals surface area contributed by atoms with Gasteiger partial charge in [0.1, 0.15) is 0 Å². The lowest BCUT2D eigenvalue weighted by molar-refractivity contribution is 0.184. The van der Waals surface area contributed by atoms with Crippen LogP contribution in [0, 0.1) is 5.92 Å². The molecule has 106 valence electrons. The van der Waals surface area contributed by atoms with Gasteiger partial charge in [0.25, 0.3) is 0 Å². The normalized spacial score (nSPS) is 18.3. The van der Waals surface area contributed by atoms with E-state index in [-0.39, 0.29) is 0 Å². The highest BCUT2D eigenvalue weighted by Crippen LogP contribution is 2.31. The molecule has 0 aliphatic heterocycles. The van der Waals surface area contributed by atoms with Crippen molar-refractivity contribution < 1.29 is 4.74 Å². The van der Waals surface area contributed by atoms with Crippen LogP contribution in [0.5, 0.6) is 0 Å². The van der Waals surface area contributed by atoms with Gasteiger partial charge in [0.15, 0.2) is 0 Å². The molecule has 2 rings (SSSR count). The lowest BCUT2D eigenvalue weighted by Gasteiger charge is -2.29. The maximum absolute atomic E-state index is 5.31. The molecule has 19 heavy (non-hydrogen) atoms. The number of anilines is 1. The molecule has 0 heterocycles. The average molecular weight is 326 g/mol. The Hall–Kier alpha value is -0.540. The van der Waals surface area contributed by atoms with Gasteiger partial charge in [-0.05, 0) is 37.8 Å². The molecule has 1 unspecified atom stereocenters. The molecule has 0 saturated heterocycles. The highest BCUT2D eigenvalue weighted by molar-refractivity contribution is 9.10. The van der Waals surface area contributed by atoms with E-state index < -0.39 is 0 Å². The molecule has 0 radical (unpaired) electrons. The number of halogens is 1. The number of methoxy groups -OCH3 is 1. The maximum atomic E-state index is 5.31. The number of ether oxygens (including phenoxy) is 1. The Morgan fingerprint density at radius 3 is 2.74 bits per heavy atom. The summed E-state index contributed by atoms with van der Waals surface area (Å²) in [5.41, 5.74) is 2.42. The van der Waals surface area contributed by atoms with Crippen LogP contribution in [0.15, 0.2) is 22.7 Å². The van der Waals surface area contributed by atoms with Crippen LogP contribution in [-0.4, -0.2) is 13.2 Å². The summed E-state index contributed by atoms with van der Waals surface area (Å²) in [5, 5.41) is 3.70. The number of rotatable bonds is 5. The number of hydrogen-bond donors (Lipinski definition) is 1. The molecule has 1 N–H and O–H groups in total. The minimum Gasteiger partial charge on any atom is -0.382 e. The lowest BCUT2D eigenvalue weighted by Crippen LogP contribution is -2.28. The zero-order valence-electron chi connectivity index (χ0n) is 11.9. The summed E-state index contributed by atoms with van der Waals surface area (Å²) < 4.78 is 6.43. The third-order valence-corrected chi connectivity index (χ3v) is 4.89. The summed E-state index contributed by atoms with van der Waals surface area (Å²) in [6.45, 7) is 2.95. The molecule has 1 aromatic carbocycles. The number of nitrogens with one attached hydrogen (secondary N) is 1. The zero-order chi connectivity index (χ0) is 13.7. The van der Waals surface area contributed by atoms with Crippen LogP contribution in [0.3, 0.4) is 0 Å². The summed E-state index contributed by atoms with van der Waals surface area (Å²) in [7, 11) is 1.74. The summed E-state index contributed by atoms with van der Waals surface area (Å²) in [6, 6.07) is 6.84. The predicted octanol–water partition coefficient (Wildman–Crippen LogP) is 4.98. The van der Waals surface area contributed by atoms with Crippen LogP contribution in [-0.2, 0) is 11.3 Å². The molecule has 0 amide bonds. The molecule has 1 saturated carbocycles. The van der Waals surface area contributed by atoms with E-state index in [0.29, 0.717) is 12.6 Å². The van der Waals surface area contributed by atoms with E-state index in [1.54, 1.807) is 7.11 Å². The van der Waals surface area contributed by atoms with Crippen molar-refractivity contribution in [3.63, 3.8) is 0 Å². The summed E-state index contributed by atoms with van der Waals surface area (Å²) in [6.07, 6.45) is 6.92. The lowest BCUT2D eigenvalue weighted by atomic mass is 9.84. The highest BCUT2D eigenvalue weighted by Gasteiger charge is 2.20. The van der Waals surface area contributed by atoms with Crippen molar-refractivity contribution in [2.75, 3.05) is 12.4 Å². The molecular formula is C16H24BrNO. The Morgan fingerprint density at radius 1 is 1.32 bits per heavy atom. The van der Waals surface area contributed by atoms with Crippen LogP contribution in [0.25, 0.3) is 0 Å². The third kappa shape index (κ3) is 3.96. The molecule has 1 fully saturated rings. The van der Waals surface area contributed by atoms with Gasteiger partial charge in [0, 0.05) is 28.9 Å². The van der Waals surface area contributed by atoms with Crippen molar-refractivity contribution in [3.8, 4) is 0 Å². The van der Waals surface area contributed by atoms with Crippen LogP contribution >= 0.6 is 15.9 Å². The monoisotopic (exact) mass is 325 g/mol. The highest BCUT2D eigenvalue weighted by atomic mass is 79.9. The Bertz CT molecular complexity index is 402. The van der Waals surface area contributed by atoms with Crippen molar-refractivity contribution in [3.05, 3.63) is 28.2 Å². The van der Waals surface area contributed by atoms with Crippen molar-refractivity contribution in [1.29, 1.82) is 0 Å². The van der Waals surface area contributed by atoms with Crippen molar-refractivity contribution >= 4 is 21.6 Å². The molecule has 2 nitrogen and oxygen atoms in total. The van der Waals surface area contributed by atoms with Gasteiger partial charge in [-0.3, -0.25) is 0 Å². The molecule has 0 aromatic heterocycles. The minimum atomic E-state index is 0.533. The van der Waals surface area contributed by atoms with E-state index in [1.165, 1.54) is 43.4 Å². The molecule has 0 bridgehead atoms. The first-order valence-corrected chi connectivity index (χ1v) is 8.04. The van der Waals surface area contributed by atoms with Crippen LogP contribution in [0.4, 0.5) is 5.69 Å². The largest absolute Gasteiger partial charge is 0.382 e. The molecule has 1 atom stereocenters. The fraction of sp³-hybridized carbons (Fsp3) is 0.625. The van der Waals surface area contributed by atoms with Gasteiger partial charge in [-0.1, -0.05) is 41.3 Å². The van der Waals surface area contributed by atoms with E-state index in [9.17, 15) is 0 Å². The molecule has 0 spiro atoms. The Kier molecular flexibility index (Phi) is 5.71. The summed E-state index contributed by atoms with van der Waals surface area (Å²) >= 11 is 3.61. The quantitative estimate of drug-likeness (QED) is 0.824. The van der Waals surface area contributed by atoms with Crippen LogP contribution in [0.1, 0.15) is 44.6 Å². The van der Waals surface area contributed by atoms with Crippen LogP contribution < -0.4 is 5.32 Å². The SMILES string of the molecule is COCc1c(Br)cccc1NC(C)C1CCCCC1. The number of benzene rings is 1. The van der Waals surface area contributed by atoms with Gasteiger partial charge in [-0.15, -0.1) is 0 Å². The van der Waals surface area contributed by atoms with E-state index in [4.69, 9.17) is 4.74 Å². The second kappa shape index (κ2) is 7.30. The van der Waals surface area contributed by atoms with Crippen molar-refractivity contribution in [2.45, 2.75) is 51.7 Å². The topological polar surface area (TPSA) is 21.3 Å². The third-order valence-electron chi connectivity index (χ3n) is 4.15. The second-order valence-electron chi connectivity index (χ2n) is 5.53. The van der Waals surface area contributed by atoms with Crippen molar-refractivity contribution in [2.24, 2.45) is 5.92 Å². The van der Waals surface area contributed by atoms with Gasteiger partial charge in [-0.25, -0.2) is 0 Å². The fourth-order valence-electron chi connectivity index (χ4n) is 2.98. The van der Waals surface area contributed by atoms with E-state index in [0.717, 1.165) is 10.4 Å². The van der Waals surface area contributed by atoms with Gasteiger partial charge in [0.2, 0.25) is 0 Å². The average Bonchev–Trinajstić information content (AvgIpc) is 2.43. The van der Waals surface area contributed by atoms with Gasteiger partial charge in [0.05, 0.1) is 6.61 Å². The molecule has 1 aliphatic rings. The van der Waals surface area contributed by atoms with E-state index >= 15 is 0 Å². The Balaban J connectivity index is 2.06. The molecule has 1 aromatic rings. The predicted molar refractivity (Wildman–Crippen MR) is 84.5 cm³/mol. The van der Waals surface area contributed by atoms with Crippen LogP contribution in [0.2, 0.25) is 0 Å². The van der Waals surface area contributed by atoms with Gasteiger partial charge < -0.3 is 10.1 Å². The maximum Gasteiger partial charge on any atom is 0.0744 e. The first kappa shape index (κ1) is 14.9. The Morgan fingerprint density at radius 2 is 2.05 bits per heavy atom. The van der Waals surface area contributed by atoms with E-state index in [1.807, 2.05) is 0 Å². The Labute approximate surface area is 125 Å². The molecule has 3 heteroatoms. The van der Waals surface area contributed by atoms with Crippen molar-refractivity contribution in [1.82, 2.24) is 0 Å². The molecule has 1 aliphatic carbocycles. The zero-order valence-corrected chi connectivity index (χ0v) is 13.5. The smallest absolute Gasteiger partial charge is 0.0744 e. The van der Waals surface area contributed by atoms with Gasteiger partial charge >= 0.3 is 0 Å². The summed E-state index contributed by atoms with van der Waals surface area (Å²) in [4.78, 5) is 0. The van der Waals surface area contributed by atoms with E-state index in [2.05, 4.69) is 46.4 Å².